The molecule has 1 aliphatic heterocycles. The average molecular weight is 397 g/mol. The minimum Gasteiger partial charge on any atom is -0.493 e. The number of rotatable bonds is 4. The van der Waals surface area contributed by atoms with Gasteiger partial charge < -0.3 is 14.5 Å². The van der Waals surface area contributed by atoms with Crippen molar-refractivity contribution in [2.45, 2.75) is 20.3 Å². The van der Waals surface area contributed by atoms with E-state index in [1.54, 1.807) is 13.8 Å². The number of aromatic nitrogens is 2. The van der Waals surface area contributed by atoms with Crippen LogP contribution in [-0.4, -0.2) is 35.6 Å². The van der Waals surface area contributed by atoms with Gasteiger partial charge >= 0.3 is 5.97 Å². The van der Waals surface area contributed by atoms with Crippen molar-refractivity contribution in [1.29, 1.82) is 0 Å². The predicted octanol–water partition coefficient (Wildman–Crippen LogP) is 3.73. The topological polar surface area (TPSA) is 93.3 Å². The highest BCUT2D eigenvalue weighted by Gasteiger charge is 2.23. The number of amides is 1. The van der Waals surface area contributed by atoms with E-state index in [9.17, 15) is 9.59 Å². The minimum absolute atomic E-state index is 0.323. The number of carbonyl (C=O) groups excluding carboxylic acids is 2. The fourth-order valence-corrected chi connectivity index (χ4v) is 4.07. The highest BCUT2D eigenvalue weighted by Crippen LogP contribution is 2.32. The van der Waals surface area contributed by atoms with Gasteiger partial charge in [-0.05, 0) is 43.2 Å². The summed E-state index contributed by atoms with van der Waals surface area (Å²) in [5.41, 5.74) is 4.80. The number of aromatic amines is 1. The van der Waals surface area contributed by atoms with Crippen LogP contribution in [0, 0.1) is 13.8 Å². The van der Waals surface area contributed by atoms with Gasteiger partial charge in [-0.1, -0.05) is 0 Å². The Morgan fingerprint density at radius 3 is 2.93 bits per heavy atom. The zero-order valence-electron chi connectivity index (χ0n) is 15.7. The van der Waals surface area contributed by atoms with Gasteiger partial charge in [0.2, 0.25) is 0 Å². The first-order valence-corrected chi connectivity index (χ1v) is 9.66. The van der Waals surface area contributed by atoms with Gasteiger partial charge in [0.1, 0.15) is 11.4 Å². The fraction of sp³-hybridized carbons (Fsp3) is 0.250. The Balaban J connectivity index is 1.55. The molecule has 0 atom stereocenters. The van der Waals surface area contributed by atoms with Crippen molar-refractivity contribution in [3.63, 3.8) is 0 Å². The summed E-state index contributed by atoms with van der Waals surface area (Å²) in [6.45, 7) is 4.15. The lowest BCUT2D eigenvalue weighted by Crippen LogP contribution is -2.14. The van der Waals surface area contributed by atoms with Crippen LogP contribution >= 0.6 is 11.3 Å². The van der Waals surface area contributed by atoms with Gasteiger partial charge in [0.05, 0.1) is 25.0 Å². The van der Waals surface area contributed by atoms with Crippen LogP contribution in [0.1, 0.15) is 37.7 Å². The standard InChI is InChI=1S/C20H19N3O4S/c1-10-16(19(25)26-3)11(2)21-17(10)18(24)23-20-22-14(9-28-20)12-4-5-15-13(8-12)6-7-27-15/h4-5,8-9,21H,6-7H2,1-3H3,(H,22,23,24). The quantitative estimate of drug-likeness (QED) is 0.655. The van der Waals surface area contributed by atoms with Gasteiger partial charge in [0.25, 0.3) is 5.91 Å². The van der Waals surface area contributed by atoms with E-state index in [1.807, 2.05) is 17.5 Å². The Kier molecular flexibility index (Phi) is 4.64. The molecule has 0 saturated carbocycles. The van der Waals surface area contributed by atoms with Gasteiger partial charge in [0, 0.05) is 23.1 Å². The molecular formula is C20H19N3O4S. The van der Waals surface area contributed by atoms with Crippen LogP contribution in [0.3, 0.4) is 0 Å². The molecule has 1 aliphatic rings. The average Bonchev–Trinajstić information content (AvgIpc) is 3.39. The summed E-state index contributed by atoms with van der Waals surface area (Å²) < 4.78 is 10.3. The number of fused-ring (bicyclic) bond motifs is 1. The third-order valence-electron chi connectivity index (χ3n) is 4.76. The fourth-order valence-electron chi connectivity index (χ4n) is 3.35. The number of benzene rings is 1. The number of thiazole rings is 1. The van der Waals surface area contributed by atoms with Crippen molar-refractivity contribution in [2.24, 2.45) is 0 Å². The molecule has 2 N–H and O–H groups in total. The summed E-state index contributed by atoms with van der Waals surface area (Å²) in [5.74, 6) is 0.105. The lowest BCUT2D eigenvalue weighted by atomic mass is 10.1. The largest absolute Gasteiger partial charge is 0.493 e. The van der Waals surface area contributed by atoms with Crippen LogP contribution in [0.5, 0.6) is 5.75 Å². The van der Waals surface area contributed by atoms with Gasteiger partial charge in [-0.2, -0.15) is 0 Å². The second-order valence-corrected chi connectivity index (χ2v) is 7.39. The lowest BCUT2D eigenvalue weighted by Gasteiger charge is -2.03. The van der Waals surface area contributed by atoms with Gasteiger partial charge in [-0.3, -0.25) is 10.1 Å². The van der Waals surface area contributed by atoms with Crippen molar-refractivity contribution in [3.8, 4) is 17.0 Å². The van der Waals surface area contributed by atoms with E-state index in [2.05, 4.69) is 21.4 Å². The third kappa shape index (κ3) is 3.16. The number of hydrogen-bond donors (Lipinski definition) is 2. The normalized spacial score (nSPS) is 12.4. The van der Waals surface area contributed by atoms with Crippen molar-refractivity contribution in [1.82, 2.24) is 9.97 Å². The molecule has 0 bridgehead atoms. The number of anilines is 1. The van der Waals surface area contributed by atoms with Crippen molar-refractivity contribution >= 4 is 28.3 Å². The van der Waals surface area contributed by atoms with Crippen LogP contribution in [0.25, 0.3) is 11.3 Å². The van der Waals surface area contributed by atoms with Crippen LogP contribution in [-0.2, 0) is 11.2 Å². The predicted molar refractivity (Wildman–Crippen MR) is 106 cm³/mol. The molecule has 1 amide bonds. The number of H-pyrrole nitrogens is 1. The van der Waals surface area contributed by atoms with E-state index in [1.165, 1.54) is 24.0 Å². The Hall–Kier alpha value is -3.13. The molecule has 8 heteroatoms. The molecule has 2 aromatic heterocycles. The number of nitrogens with zero attached hydrogens (tertiary/aromatic N) is 1. The molecule has 144 valence electrons. The van der Waals surface area contributed by atoms with Gasteiger partial charge in [-0.25, -0.2) is 9.78 Å². The first-order chi connectivity index (χ1) is 13.5. The summed E-state index contributed by atoms with van der Waals surface area (Å²) in [6, 6.07) is 5.99. The van der Waals surface area contributed by atoms with E-state index < -0.39 is 5.97 Å². The van der Waals surface area contributed by atoms with Gasteiger partial charge in [-0.15, -0.1) is 11.3 Å². The highest BCUT2D eigenvalue weighted by atomic mass is 32.1. The Morgan fingerprint density at radius 2 is 2.14 bits per heavy atom. The van der Waals surface area contributed by atoms with Crippen LogP contribution < -0.4 is 10.1 Å². The van der Waals surface area contributed by atoms with Gasteiger partial charge in [0.15, 0.2) is 5.13 Å². The molecule has 28 heavy (non-hydrogen) atoms. The molecule has 0 radical (unpaired) electrons. The van der Waals surface area contributed by atoms with Crippen LogP contribution in [0.15, 0.2) is 23.6 Å². The maximum Gasteiger partial charge on any atom is 0.339 e. The molecule has 0 saturated heterocycles. The number of esters is 1. The van der Waals surface area contributed by atoms with Crippen LogP contribution in [0.2, 0.25) is 0 Å². The molecule has 0 spiro atoms. The third-order valence-corrected chi connectivity index (χ3v) is 5.52. The smallest absolute Gasteiger partial charge is 0.339 e. The molecule has 1 aromatic carbocycles. The maximum absolute atomic E-state index is 12.7. The first kappa shape index (κ1) is 18.2. The minimum atomic E-state index is -0.470. The zero-order valence-corrected chi connectivity index (χ0v) is 16.5. The van der Waals surface area contributed by atoms with E-state index in [0.717, 1.165) is 23.4 Å². The Bertz CT molecular complexity index is 1080. The van der Waals surface area contributed by atoms with Crippen molar-refractivity contribution in [2.75, 3.05) is 19.0 Å². The highest BCUT2D eigenvalue weighted by molar-refractivity contribution is 7.14. The second kappa shape index (κ2) is 7.12. The molecular weight excluding hydrogens is 378 g/mol. The van der Waals surface area contributed by atoms with Crippen molar-refractivity contribution < 1.29 is 19.1 Å². The Morgan fingerprint density at radius 1 is 1.32 bits per heavy atom. The number of nitrogens with one attached hydrogen (secondary N) is 2. The zero-order chi connectivity index (χ0) is 19.8. The number of hydrogen-bond acceptors (Lipinski definition) is 6. The molecule has 7 nitrogen and oxygen atoms in total. The molecule has 0 unspecified atom stereocenters. The van der Waals surface area contributed by atoms with E-state index in [-0.39, 0.29) is 5.91 Å². The molecule has 0 aliphatic carbocycles. The van der Waals surface area contributed by atoms with E-state index >= 15 is 0 Å². The molecule has 3 heterocycles. The first-order valence-electron chi connectivity index (χ1n) is 8.78. The number of methoxy groups -OCH3 is 1. The maximum atomic E-state index is 12.7. The number of carbonyl (C=O) groups is 2. The molecule has 4 rings (SSSR count). The summed E-state index contributed by atoms with van der Waals surface area (Å²) in [6.07, 6.45) is 0.894. The second-order valence-electron chi connectivity index (χ2n) is 6.53. The number of ether oxygens (including phenoxy) is 2. The summed E-state index contributed by atoms with van der Waals surface area (Å²) in [5, 5.41) is 5.19. The Labute approximate surface area is 165 Å². The summed E-state index contributed by atoms with van der Waals surface area (Å²) >= 11 is 1.35. The van der Waals surface area contributed by atoms with Crippen LogP contribution in [0.4, 0.5) is 5.13 Å². The molecule has 3 aromatic rings. The monoisotopic (exact) mass is 397 g/mol. The van der Waals surface area contributed by atoms with Crippen molar-refractivity contribution in [3.05, 3.63) is 51.7 Å². The SMILES string of the molecule is COC(=O)c1c(C)[nH]c(C(=O)Nc2nc(-c3ccc4c(c3)CCO4)cs2)c1C. The van der Waals surface area contributed by atoms with E-state index in [0.29, 0.717) is 34.3 Å². The molecule has 0 fully saturated rings. The number of aryl methyl sites for hydroxylation is 1. The summed E-state index contributed by atoms with van der Waals surface area (Å²) in [4.78, 5) is 32.1. The lowest BCUT2D eigenvalue weighted by molar-refractivity contribution is 0.0599. The van der Waals surface area contributed by atoms with E-state index in [4.69, 9.17) is 9.47 Å². The summed E-state index contributed by atoms with van der Waals surface area (Å²) in [7, 11) is 1.32.